The van der Waals surface area contributed by atoms with Crippen LogP contribution in [0.25, 0.3) is 11.0 Å². The highest BCUT2D eigenvalue weighted by atomic mass is 32.2. The largest absolute Gasteiger partial charge is 0.425 e. The van der Waals surface area contributed by atoms with Crippen molar-refractivity contribution in [3.05, 3.63) is 106 Å². The molecule has 0 amide bonds. The van der Waals surface area contributed by atoms with Gasteiger partial charge in [0.05, 0.1) is 4.90 Å². The number of esters is 1. The first kappa shape index (κ1) is 23.4. The van der Waals surface area contributed by atoms with Gasteiger partial charge in [-0.3, -0.25) is 0 Å². The molecule has 1 aromatic heterocycles. The monoisotopic (exact) mass is 477 g/mol. The maximum absolute atomic E-state index is 13.1. The maximum atomic E-state index is 13.1. The first-order chi connectivity index (χ1) is 16.2. The standard InChI is InChI=1S/C26H23NO6S/c1-17-8-11-21(12-9-17)34(30,31)27-23(15-19-6-4-3-5-7-19)26(29)32-20-10-13-22-18(2)14-25(28)33-24(22)16-20/h3-14,16,23,27H,15H2,1-2H3/t23-/m1/s1. The van der Waals surface area contributed by atoms with Gasteiger partial charge in [0, 0.05) is 17.5 Å². The molecule has 4 rings (SSSR count). The molecular weight excluding hydrogens is 454 g/mol. The summed E-state index contributed by atoms with van der Waals surface area (Å²) in [6, 6.07) is 20.3. The number of aryl methyl sites for hydroxylation is 2. The summed E-state index contributed by atoms with van der Waals surface area (Å²) in [4.78, 5) is 24.9. The van der Waals surface area contributed by atoms with Gasteiger partial charge >= 0.3 is 11.6 Å². The lowest BCUT2D eigenvalue weighted by Crippen LogP contribution is -2.44. The average Bonchev–Trinajstić information content (AvgIpc) is 2.79. The molecule has 1 atom stereocenters. The number of nitrogens with one attached hydrogen (secondary N) is 1. The Morgan fingerprint density at radius 2 is 1.68 bits per heavy atom. The Labute approximate surface area is 197 Å². The molecule has 0 bridgehead atoms. The summed E-state index contributed by atoms with van der Waals surface area (Å²) in [5, 5.41) is 0.709. The van der Waals surface area contributed by atoms with Gasteiger partial charge < -0.3 is 9.15 Å². The normalized spacial score (nSPS) is 12.4. The molecule has 0 fully saturated rings. The van der Waals surface area contributed by atoms with Gasteiger partial charge in [-0.1, -0.05) is 48.0 Å². The molecule has 0 spiro atoms. The van der Waals surface area contributed by atoms with Crippen molar-refractivity contribution in [2.75, 3.05) is 0 Å². The number of carbonyl (C=O) groups is 1. The highest BCUT2D eigenvalue weighted by Gasteiger charge is 2.28. The van der Waals surface area contributed by atoms with E-state index in [1.165, 1.54) is 24.3 Å². The van der Waals surface area contributed by atoms with Crippen molar-refractivity contribution in [2.24, 2.45) is 0 Å². The van der Waals surface area contributed by atoms with Crippen molar-refractivity contribution in [3.8, 4) is 5.75 Å². The number of benzene rings is 3. The highest BCUT2D eigenvalue weighted by molar-refractivity contribution is 7.89. The Balaban J connectivity index is 1.63. The predicted molar refractivity (Wildman–Crippen MR) is 128 cm³/mol. The topological polar surface area (TPSA) is 103 Å². The first-order valence-electron chi connectivity index (χ1n) is 10.6. The van der Waals surface area contributed by atoms with E-state index in [2.05, 4.69) is 4.72 Å². The second-order valence-electron chi connectivity index (χ2n) is 8.00. The highest BCUT2D eigenvalue weighted by Crippen LogP contribution is 2.23. The summed E-state index contributed by atoms with van der Waals surface area (Å²) in [5.74, 6) is -0.646. The average molecular weight is 478 g/mol. The molecule has 0 aliphatic carbocycles. The number of sulfonamides is 1. The van der Waals surface area contributed by atoms with E-state index in [4.69, 9.17) is 9.15 Å². The lowest BCUT2D eigenvalue weighted by Gasteiger charge is -2.18. The third-order valence-electron chi connectivity index (χ3n) is 5.34. The fraction of sp³-hybridized carbons (Fsp3) is 0.154. The molecular formula is C26H23NO6S. The van der Waals surface area contributed by atoms with Crippen molar-refractivity contribution in [2.45, 2.75) is 31.2 Å². The Kier molecular flexibility index (Phi) is 6.63. The number of hydrogen-bond donors (Lipinski definition) is 1. The number of fused-ring (bicyclic) bond motifs is 1. The van der Waals surface area contributed by atoms with Crippen molar-refractivity contribution in [3.63, 3.8) is 0 Å². The minimum atomic E-state index is -3.99. The number of hydrogen-bond acceptors (Lipinski definition) is 6. The van der Waals surface area contributed by atoms with Crippen LogP contribution in [0.15, 0.2) is 93.0 Å². The van der Waals surface area contributed by atoms with E-state index in [0.29, 0.717) is 5.39 Å². The quantitative estimate of drug-likeness (QED) is 0.246. The van der Waals surface area contributed by atoms with Gasteiger partial charge in [0.2, 0.25) is 10.0 Å². The van der Waals surface area contributed by atoms with Gasteiger partial charge in [-0.25, -0.2) is 18.0 Å². The van der Waals surface area contributed by atoms with Gasteiger partial charge in [-0.15, -0.1) is 0 Å². The van der Waals surface area contributed by atoms with E-state index in [1.54, 1.807) is 55.5 Å². The van der Waals surface area contributed by atoms with Gasteiger partial charge in [0.1, 0.15) is 17.4 Å². The fourth-order valence-electron chi connectivity index (χ4n) is 3.55. The molecule has 0 saturated heterocycles. The van der Waals surface area contributed by atoms with E-state index < -0.39 is 27.7 Å². The van der Waals surface area contributed by atoms with Crippen LogP contribution in [0.1, 0.15) is 16.7 Å². The Morgan fingerprint density at radius 1 is 0.971 bits per heavy atom. The molecule has 34 heavy (non-hydrogen) atoms. The number of rotatable bonds is 7. The van der Waals surface area contributed by atoms with Crippen LogP contribution in [0.3, 0.4) is 0 Å². The van der Waals surface area contributed by atoms with E-state index >= 15 is 0 Å². The van der Waals surface area contributed by atoms with Crippen molar-refractivity contribution in [1.82, 2.24) is 4.72 Å². The van der Waals surface area contributed by atoms with Crippen LogP contribution in [-0.4, -0.2) is 20.4 Å². The first-order valence-corrected chi connectivity index (χ1v) is 12.1. The smallest absolute Gasteiger partial charge is 0.336 e. The lowest BCUT2D eigenvalue weighted by atomic mass is 10.1. The molecule has 0 unspecified atom stereocenters. The zero-order valence-corrected chi connectivity index (χ0v) is 19.5. The number of carbonyl (C=O) groups excluding carboxylic acids is 1. The molecule has 0 aliphatic rings. The lowest BCUT2D eigenvalue weighted by molar-refractivity contribution is -0.136. The second kappa shape index (κ2) is 9.62. The van der Waals surface area contributed by atoms with Gasteiger partial charge in [-0.2, -0.15) is 4.72 Å². The van der Waals surface area contributed by atoms with Crippen LogP contribution in [0.2, 0.25) is 0 Å². The molecule has 174 valence electrons. The number of ether oxygens (including phenoxy) is 1. The van der Waals surface area contributed by atoms with E-state index in [9.17, 15) is 18.0 Å². The van der Waals surface area contributed by atoms with Crippen LogP contribution in [-0.2, 0) is 21.2 Å². The Hall–Kier alpha value is -3.75. The third kappa shape index (κ3) is 5.41. The molecule has 8 heteroatoms. The molecule has 3 aromatic carbocycles. The summed E-state index contributed by atoms with van der Waals surface area (Å²) < 4.78 is 39.2. The van der Waals surface area contributed by atoms with Crippen LogP contribution in [0.5, 0.6) is 5.75 Å². The van der Waals surface area contributed by atoms with E-state index in [0.717, 1.165) is 16.7 Å². The molecule has 1 heterocycles. The van der Waals surface area contributed by atoms with Gasteiger partial charge in [-0.05, 0) is 55.7 Å². The van der Waals surface area contributed by atoms with Crippen LogP contribution in [0, 0.1) is 13.8 Å². The van der Waals surface area contributed by atoms with Crippen molar-refractivity contribution >= 4 is 27.0 Å². The Bertz CT molecular complexity index is 1490. The van der Waals surface area contributed by atoms with Crippen molar-refractivity contribution < 1.29 is 22.4 Å². The van der Waals surface area contributed by atoms with Gasteiger partial charge in [0.25, 0.3) is 0 Å². The summed E-state index contributed by atoms with van der Waals surface area (Å²) in [5.41, 5.74) is 2.17. The SMILES string of the molecule is Cc1ccc(S(=O)(=O)N[C@H](Cc2ccccc2)C(=O)Oc2ccc3c(C)cc(=O)oc3c2)cc1. The summed E-state index contributed by atoms with van der Waals surface area (Å²) in [7, 11) is -3.99. The van der Waals surface area contributed by atoms with Crippen molar-refractivity contribution in [1.29, 1.82) is 0 Å². The zero-order chi connectivity index (χ0) is 24.3. The summed E-state index contributed by atoms with van der Waals surface area (Å²) in [6.45, 7) is 3.63. The summed E-state index contributed by atoms with van der Waals surface area (Å²) in [6.07, 6.45) is 0.0898. The van der Waals surface area contributed by atoms with Gasteiger partial charge in [0.15, 0.2) is 0 Å². The van der Waals surface area contributed by atoms with Crippen LogP contribution >= 0.6 is 0 Å². The third-order valence-corrected chi connectivity index (χ3v) is 6.82. The summed E-state index contributed by atoms with van der Waals surface area (Å²) >= 11 is 0. The van der Waals surface area contributed by atoms with Crippen LogP contribution < -0.4 is 15.1 Å². The zero-order valence-electron chi connectivity index (χ0n) is 18.6. The predicted octanol–water partition coefficient (Wildman–Crippen LogP) is 3.91. The van der Waals surface area contributed by atoms with E-state index in [1.807, 2.05) is 13.0 Å². The fourth-order valence-corrected chi connectivity index (χ4v) is 4.74. The molecule has 0 aliphatic heterocycles. The molecule has 0 radical (unpaired) electrons. The second-order valence-corrected chi connectivity index (χ2v) is 9.72. The van der Waals surface area contributed by atoms with Crippen LogP contribution in [0.4, 0.5) is 0 Å². The minimum Gasteiger partial charge on any atom is -0.425 e. The Morgan fingerprint density at radius 3 is 2.38 bits per heavy atom. The maximum Gasteiger partial charge on any atom is 0.336 e. The molecule has 4 aromatic rings. The molecule has 1 N–H and O–H groups in total. The molecule has 0 saturated carbocycles. The molecule has 7 nitrogen and oxygen atoms in total. The van der Waals surface area contributed by atoms with E-state index in [-0.39, 0.29) is 22.6 Å². The minimum absolute atomic E-state index is 0.0481.